The third kappa shape index (κ3) is 2.46. The van der Waals surface area contributed by atoms with Gasteiger partial charge in [-0.2, -0.15) is 0 Å². The van der Waals surface area contributed by atoms with E-state index in [9.17, 15) is 4.79 Å². The van der Waals surface area contributed by atoms with Crippen molar-refractivity contribution in [3.8, 4) is 0 Å². The predicted octanol–water partition coefficient (Wildman–Crippen LogP) is 0.0809. The molecule has 0 heterocycles. The van der Waals surface area contributed by atoms with E-state index in [1.807, 2.05) is 22.6 Å². The van der Waals surface area contributed by atoms with Gasteiger partial charge in [0, 0.05) is 11.0 Å². The fraction of sp³-hybridized carbons (Fsp3) is 0.750. The summed E-state index contributed by atoms with van der Waals surface area (Å²) >= 11 is 2.00. The summed E-state index contributed by atoms with van der Waals surface area (Å²) in [5, 5.41) is 8.29. The summed E-state index contributed by atoms with van der Waals surface area (Å²) in [6.45, 7) is 0.234. The molecule has 0 rings (SSSR count). The first-order valence-electron chi connectivity index (χ1n) is 2.21. The van der Waals surface area contributed by atoms with Crippen molar-refractivity contribution < 1.29 is 9.90 Å². The minimum absolute atomic E-state index is 0.234. The van der Waals surface area contributed by atoms with Gasteiger partial charge < -0.3 is 10.8 Å². The van der Waals surface area contributed by atoms with Crippen molar-refractivity contribution in [2.45, 2.75) is 0 Å². The molecular weight excluding hydrogens is 221 g/mol. The van der Waals surface area contributed by atoms with E-state index >= 15 is 0 Å². The molecule has 8 heavy (non-hydrogen) atoms. The van der Waals surface area contributed by atoms with Gasteiger partial charge in [-0.15, -0.1) is 0 Å². The van der Waals surface area contributed by atoms with Crippen LogP contribution in [0.25, 0.3) is 0 Å². The molecule has 0 radical (unpaired) electrons. The van der Waals surface area contributed by atoms with Gasteiger partial charge >= 0.3 is 5.97 Å². The zero-order chi connectivity index (χ0) is 6.57. The highest BCUT2D eigenvalue weighted by Gasteiger charge is 2.11. The summed E-state index contributed by atoms with van der Waals surface area (Å²) in [6.07, 6.45) is 0. The molecule has 4 heteroatoms. The van der Waals surface area contributed by atoms with Crippen molar-refractivity contribution in [3.63, 3.8) is 0 Å². The van der Waals surface area contributed by atoms with Crippen LogP contribution in [0.3, 0.4) is 0 Å². The summed E-state index contributed by atoms with van der Waals surface area (Å²) in [5.74, 6) is -1.17. The lowest BCUT2D eigenvalue weighted by Gasteiger charge is -2.01. The first kappa shape index (κ1) is 8.16. The molecule has 0 aromatic rings. The molecule has 48 valence electrons. The van der Waals surface area contributed by atoms with Gasteiger partial charge in [0.1, 0.15) is 0 Å². The number of hydrogen-bond acceptors (Lipinski definition) is 2. The largest absolute Gasteiger partial charge is 0.481 e. The topological polar surface area (TPSA) is 63.3 Å². The maximum Gasteiger partial charge on any atom is 0.308 e. The maximum atomic E-state index is 10.1. The summed E-state index contributed by atoms with van der Waals surface area (Å²) < 4.78 is 0.587. The van der Waals surface area contributed by atoms with E-state index in [0.29, 0.717) is 4.43 Å². The lowest BCUT2D eigenvalue weighted by atomic mass is 10.2. The molecule has 0 bridgehead atoms. The Labute approximate surface area is 61.4 Å². The number of nitrogens with two attached hydrogens (primary N) is 1. The van der Waals surface area contributed by atoms with E-state index in [2.05, 4.69) is 0 Å². The van der Waals surface area contributed by atoms with Crippen molar-refractivity contribution in [2.75, 3.05) is 11.0 Å². The van der Waals surface area contributed by atoms with E-state index in [1.165, 1.54) is 0 Å². The third-order valence-electron chi connectivity index (χ3n) is 0.820. The Hall–Kier alpha value is 0.160. The van der Waals surface area contributed by atoms with Crippen LogP contribution < -0.4 is 5.73 Å². The highest BCUT2D eigenvalue weighted by atomic mass is 127. The molecule has 1 unspecified atom stereocenters. The molecule has 0 aromatic carbocycles. The Morgan fingerprint density at radius 1 is 1.88 bits per heavy atom. The van der Waals surface area contributed by atoms with Crippen LogP contribution in [-0.2, 0) is 4.79 Å². The van der Waals surface area contributed by atoms with Gasteiger partial charge in [0.15, 0.2) is 0 Å². The normalized spacial score (nSPS) is 13.2. The standard InChI is InChI=1S/C4H8INO2/c5-1-3(2-6)4(7)8/h3H,1-2,6H2,(H,7,8). The zero-order valence-electron chi connectivity index (χ0n) is 4.30. The van der Waals surface area contributed by atoms with Gasteiger partial charge in [-0.3, -0.25) is 4.79 Å². The Bertz CT molecular complexity index is 82.1. The van der Waals surface area contributed by atoms with Gasteiger partial charge in [0.2, 0.25) is 0 Å². The number of carbonyl (C=O) groups is 1. The van der Waals surface area contributed by atoms with Gasteiger partial charge in [0.25, 0.3) is 0 Å². The maximum absolute atomic E-state index is 10.1. The molecule has 0 aliphatic carbocycles. The molecule has 0 fully saturated rings. The van der Waals surface area contributed by atoms with Gasteiger partial charge in [-0.05, 0) is 0 Å². The minimum atomic E-state index is -0.804. The second kappa shape index (κ2) is 4.08. The number of aliphatic carboxylic acids is 1. The fourth-order valence-corrected chi connectivity index (χ4v) is 0.966. The highest BCUT2D eigenvalue weighted by molar-refractivity contribution is 14.1. The number of halogens is 1. The average Bonchev–Trinajstić information content (AvgIpc) is 1.69. The van der Waals surface area contributed by atoms with Crippen LogP contribution in [0.1, 0.15) is 0 Å². The SMILES string of the molecule is NCC(CI)C(=O)O. The van der Waals surface area contributed by atoms with Crippen LogP contribution in [-0.4, -0.2) is 22.0 Å². The molecule has 0 saturated carbocycles. The van der Waals surface area contributed by atoms with Crippen LogP contribution in [0.2, 0.25) is 0 Å². The van der Waals surface area contributed by atoms with Crippen LogP contribution in [0.15, 0.2) is 0 Å². The average molecular weight is 229 g/mol. The van der Waals surface area contributed by atoms with E-state index in [0.717, 1.165) is 0 Å². The lowest BCUT2D eigenvalue weighted by Crippen LogP contribution is -2.24. The van der Waals surface area contributed by atoms with E-state index in [-0.39, 0.29) is 12.5 Å². The lowest BCUT2D eigenvalue weighted by molar-refractivity contribution is -0.140. The number of carboxylic acid groups (broad SMARTS) is 1. The second-order valence-corrected chi connectivity index (χ2v) is 2.31. The second-order valence-electron chi connectivity index (χ2n) is 1.43. The Morgan fingerprint density at radius 2 is 2.38 bits per heavy atom. The van der Waals surface area contributed by atoms with Crippen molar-refractivity contribution in [2.24, 2.45) is 11.7 Å². The monoisotopic (exact) mass is 229 g/mol. The molecule has 0 saturated heterocycles. The minimum Gasteiger partial charge on any atom is -0.481 e. The van der Waals surface area contributed by atoms with Gasteiger partial charge in [0.05, 0.1) is 5.92 Å². The number of carboxylic acids is 1. The summed E-state index contributed by atoms with van der Waals surface area (Å²) in [7, 11) is 0. The number of hydrogen-bond donors (Lipinski definition) is 2. The third-order valence-corrected chi connectivity index (χ3v) is 1.88. The highest BCUT2D eigenvalue weighted by Crippen LogP contribution is 1.98. The first-order valence-corrected chi connectivity index (χ1v) is 3.73. The quantitative estimate of drug-likeness (QED) is 0.532. The molecular formula is C4H8INO2. The van der Waals surface area contributed by atoms with Crippen LogP contribution in [0.4, 0.5) is 0 Å². The molecule has 3 nitrogen and oxygen atoms in total. The summed E-state index contributed by atoms with van der Waals surface area (Å²) in [6, 6.07) is 0. The number of rotatable bonds is 3. The zero-order valence-corrected chi connectivity index (χ0v) is 6.46. The number of alkyl halides is 1. The van der Waals surface area contributed by atoms with Crippen LogP contribution in [0.5, 0.6) is 0 Å². The Balaban J connectivity index is 3.52. The molecule has 0 amide bonds. The molecule has 0 aromatic heterocycles. The molecule has 0 aliphatic heterocycles. The van der Waals surface area contributed by atoms with E-state index in [1.54, 1.807) is 0 Å². The smallest absolute Gasteiger partial charge is 0.308 e. The molecule has 0 aliphatic rings. The van der Waals surface area contributed by atoms with E-state index < -0.39 is 5.97 Å². The Kier molecular flexibility index (Phi) is 4.16. The van der Waals surface area contributed by atoms with E-state index in [4.69, 9.17) is 10.8 Å². The van der Waals surface area contributed by atoms with Gasteiger partial charge in [-0.1, -0.05) is 22.6 Å². The van der Waals surface area contributed by atoms with Gasteiger partial charge in [-0.25, -0.2) is 0 Å². The Morgan fingerprint density at radius 3 is 2.38 bits per heavy atom. The molecule has 0 spiro atoms. The first-order chi connectivity index (χ1) is 3.72. The summed E-state index contributed by atoms with van der Waals surface area (Å²) in [5.41, 5.74) is 5.10. The summed E-state index contributed by atoms with van der Waals surface area (Å²) in [4.78, 5) is 10.1. The van der Waals surface area contributed by atoms with Crippen LogP contribution >= 0.6 is 22.6 Å². The van der Waals surface area contributed by atoms with Crippen LogP contribution in [0, 0.1) is 5.92 Å². The van der Waals surface area contributed by atoms with Crippen molar-refractivity contribution in [1.82, 2.24) is 0 Å². The molecule has 3 N–H and O–H groups in total. The van der Waals surface area contributed by atoms with Crippen molar-refractivity contribution in [1.29, 1.82) is 0 Å². The van der Waals surface area contributed by atoms with Crippen molar-refractivity contribution >= 4 is 28.6 Å². The fourth-order valence-electron chi connectivity index (χ4n) is 0.230. The van der Waals surface area contributed by atoms with Crippen molar-refractivity contribution in [3.05, 3.63) is 0 Å². The predicted molar refractivity (Wildman–Crippen MR) is 39.1 cm³/mol. The molecule has 1 atom stereocenters.